The number of ether oxygens (including phenoxy) is 4. The van der Waals surface area contributed by atoms with Gasteiger partial charge in [-0.25, -0.2) is 0 Å². The van der Waals surface area contributed by atoms with Crippen molar-refractivity contribution in [2.24, 2.45) is 0 Å². The summed E-state index contributed by atoms with van der Waals surface area (Å²) < 4.78 is 23.1. The molecule has 0 aromatic carbocycles. The third-order valence-corrected chi connectivity index (χ3v) is 7.61. The second-order valence-corrected chi connectivity index (χ2v) is 11.7. The Morgan fingerprint density at radius 2 is 0.900 bits per heavy atom. The third kappa shape index (κ3) is 33.6. The molecule has 0 fully saturated rings. The number of unbranched alkanes of at least 4 members (excludes halogenated alkanes) is 21. The van der Waals surface area contributed by atoms with Crippen LogP contribution in [0.5, 0.6) is 0 Å². The normalized spacial score (nSPS) is 11.8. The minimum atomic E-state index is 0.00971. The van der Waals surface area contributed by atoms with Crippen LogP contribution in [-0.4, -0.2) is 32.9 Å². The lowest BCUT2D eigenvalue weighted by Crippen LogP contribution is -2.19. The standard InChI is InChI=1S/C36H72O4/c1-4-7-9-11-13-20-24-28-33-39-36(40-34-29-25-21-14-12-10-8-5-2)30-26-22-18-16-15-17-19-23-27-32-38-35-37-31-6-3/h27,32,36H,4-26,28-31,33-35H2,1-3H3. The number of hydrogen-bond acceptors (Lipinski definition) is 4. The van der Waals surface area contributed by atoms with Crippen molar-refractivity contribution in [1.82, 2.24) is 0 Å². The van der Waals surface area contributed by atoms with Crippen LogP contribution in [0.25, 0.3) is 0 Å². The largest absolute Gasteiger partial charge is 0.475 e. The Bertz CT molecular complexity index is 446. The topological polar surface area (TPSA) is 36.9 Å². The first-order chi connectivity index (χ1) is 19.8. The van der Waals surface area contributed by atoms with Crippen LogP contribution in [-0.2, 0) is 18.9 Å². The fourth-order valence-electron chi connectivity index (χ4n) is 5.00. The highest BCUT2D eigenvalue weighted by atomic mass is 16.7. The summed E-state index contributed by atoms with van der Waals surface area (Å²) in [4.78, 5) is 0. The second-order valence-electron chi connectivity index (χ2n) is 11.7. The van der Waals surface area contributed by atoms with E-state index in [0.29, 0.717) is 6.79 Å². The van der Waals surface area contributed by atoms with Crippen LogP contribution < -0.4 is 0 Å². The van der Waals surface area contributed by atoms with Gasteiger partial charge in [0, 0.05) is 13.2 Å². The van der Waals surface area contributed by atoms with E-state index < -0.39 is 0 Å². The van der Waals surface area contributed by atoms with Gasteiger partial charge in [-0.15, -0.1) is 0 Å². The van der Waals surface area contributed by atoms with E-state index in [-0.39, 0.29) is 6.29 Å². The Morgan fingerprint density at radius 1 is 0.450 bits per heavy atom. The lowest BCUT2D eigenvalue weighted by atomic mass is 10.1. The van der Waals surface area contributed by atoms with Crippen molar-refractivity contribution in [3.63, 3.8) is 0 Å². The van der Waals surface area contributed by atoms with Crippen molar-refractivity contribution in [2.75, 3.05) is 26.6 Å². The van der Waals surface area contributed by atoms with E-state index >= 15 is 0 Å². The number of allylic oxidation sites excluding steroid dienone is 1. The van der Waals surface area contributed by atoms with Gasteiger partial charge < -0.3 is 18.9 Å². The van der Waals surface area contributed by atoms with E-state index in [4.69, 9.17) is 18.9 Å². The maximum absolute atomic E-state index is 6.23. The van der Waals surface area contributed by atoms with Crippen LogP contribution in [0.1, 0.15) is 188 Å². The molecule has 0 aromatic heterocycles. The highest BCUT2D eigenvalue weighted by Gasteiger charge is 2.09. The molecule has 0 amide bonds. The molecule has 4 heteroatoms. The van der Waals surface area contributed by atoms with Gasteiger partial charge in [0.25, 0.3) is 0 Å². The van der Waals surface area contributed by atoms with Crippen LogP contribution >= 0.6 is 0 Å². The number of hydrogen-bond donors (Lipinski definition) is 0. The summed E-state index contributed by atoms with van der Waals surface area (Å²) >= 11 is 0. The smallest absolute Gasteiger partial charge is 0.188 e. The molecule has 0 aliphatic rings. The maximum Gasteiger partial charge on any atom is 0.188 e. The SMILES string of the molecule is CCCCCCCCCCOC(CCCCCCCCCC=COCOCCC)OCCCCCCCCCC. The highest BCUT2D eigenvalue weighted by molar-refractivity contribution is 4.72. The fourth-order valence-corrected chi connectivity index (χ4v) is 5.00. The molecule has 0 aliphatic heterocycles. The van der Waals surface area contributed by atoms with Gasteiger partial charge in [-0.2, -0.15) is 0 Å². The molecule has 0 heterocycles. The van der Waals surface area contributed by atoms with Gasteiger partial charge in [-0.3, -0.25) is 0 Å². The average molecular weight is 569 g/mol. The van der Waals surface area contributed by atoms with Crippen LogP contribution in [0.15, 0.2) is 12.3 Å². The molecule has 0 N–H and O–H groups in total. The molecule has 0 unspecified atom stereocenters. The van der Waals surface area contributed by atoms with Crippen molar-refractivity contribution < 1.29 is 18.9 Å². The summed E-state index contributed by atoms with van der Waals surface area (Å²) in [6.07, 6.45) is 37.7. The molecule has 0 rings (SSSR count). The maximum atomic E-state index is 6.23. The predicted octanol–water partition coefficient (Wildman–Crippen LogP) is 12.1. The third-order valence-electron chi connectivity index (χ3n) is 7.61. The second kappa shape index (κ2) is 36.4. The Morgan fingerprint density at radius 3 is 1.40 bits per heavy atom. The van der Waals surface area contributed by atoms with Gasteiger partial charge in [0.2, 0.25) is 0 Å². The highest BCUT2D eigenvalue weighted by Crippen LogP contribution is 2.15. The zero-order chi connectivity index (χ0) is 29.0. The summed E-state index contributed by atoms with van der Waals surface area (Å²) in [6, 6.07) is 0. The fraction of sp³-hybridized carbons (Fsp3) is 0.944. The average Bonchev–Trinajstić information content (AvgIpc) is 2.97. The summed E-state index contributed by atoms with van der Waals surface area (Å²) in [5.74, 6) is 0. The van der Waals surface area contributed by atoms with Crippen LogP contribution in [0, 0.1) is 0 Å². The van der Waals surface area contributed by atoms with Crippen LogP contribution in [0.4, 0.5) is 0 Å². The summed E-state index contributed by atoms with van der Waals surface area (Å²) in [5, 5.41) is 0. The molecule has 0 bridgehead atoms. The Balaban J connectivity index is 3.86. The van der Waals surface area contributed by atoms with Crippen molar-refractivity contribution in [3.8, 4) is 0 Å². The summed E-state index contributed by atoms with van der Waals surface area (Å²) in [6.45, 7) is 9.55. The summed E-state index contributed by atoms with van der Waals surface area (Å²) in [7, 11) is 0. The Labute approximate surface area is 251 Å². The molecular weight excluding hydrogens is 496 g/mol. The molecule has 0 aliphatic carbocycles. The molecule has 0 atom stereocenters. The first-order valence-corrected chi connectivity index (χ1v) is 17.9. The van der Waals surface area contributed by atoms with Crippen molar-refractivity contribution in [1.29, 1.82) is 0 Å². The quantitative estimate of drug-likeness (QED) is 0.0433. The minimum absolute atomic E-state index is 0.00971. The zero-order valence-electron chi connectivity index (χ0n) is 27.6. The number of rotatable bonds is 35. The van der Waals surface area contributed by atoms with Crippen molar-refractivity contribution in [3.05, 3.63) is 12.3 Å². The molecule has 40 heavy (non-hydrogen) atoms. The van der Waals surface area contributed by atoms with E-state index in [1.807, 2.05) is 0 Å². The predicted molar refractivity (Wildman–Crippen MR) is 174 cm³/mol. The van der Waals surface area contributed by atoms with Gasteiger partial charge in [-0.05, 0) is 51.0 Å². The van der Waals surface area contributed by atoms with Crippen LogP contribution in [0.3, 0.4) is 0 Å². The molecule has 4 nitrogen and oxygen atoms in total. The lowest BCUT2D eigenvalue weighted by molar-refractivity contribution is -0.148. The minimum Gasteiger partial charge on any atom is -0.475 e. The Hall–Kier alpha value is -0.580. The molecule has 0 saturated heterocycles. The van der Waals surface area contributed by atoms with Gasteiger partial charge in [0.05, 0.1) is 12.9 Å². The van der Waals surface area contributed by atoms with E-state index in [1.165, 1.54) is 148 Å². The molecule has 0 spiro atoms. The van der Waals surface area contributed by atoms with E-state index in [1.54, 1.807) is 6.26 Å². The van der Waals surface area contributed by atoms with E-state index in [2.05, 4.69) is 26.8 Å². The first-order valence-electron chi connectivity index (χ1n) is 17.9. The van der Waals surface area contributed by atoms with Crippen molar-refractivity contribution in [2.45, 2.75) is 194 Å². The summed E-state index contributed by atoms with van der Waals surface area (Å²) in [5.41, 5.74) is 0. The monoisotopic (exact) mass is 569 g/mol. The van der Waals surface area contributed by atoms with Crippen molar-refractivity contribution >= 4 is 0 Å². The lowest BCUT2D eigenvalue weighted by Gasteiger charge is -2.19. The molecule has 0 radical (unpaired) electrons. The van der Waals surface area contributed by atoms with Gasteiger partial charge in [0.1, 0.15) is 0 Å². The first kappa shape index (κ1) is 39.4. The van der Waals surface area contributed by atoms with Gasteiger partial charge >= 0.3 is 0 Å². The van der Waals surface area contributed by atoms with Gasteiger partial charge in [0.15, 0.2) is 13.1 Å². The molecule has 0 saturated carbocycles. The Kier molecular flexibility index (Phi) is 35.9. The molecule has 240 valence electrons. The van der Waals surface area contributed by atoms with Crippen LogP contribution in [0.2, 0.25) is 0 Å². The van der Waals surface area contributed by atoms with E-state index in [9.17, 15) is 0 Å². The van der Waals surface area contributed by atoms with Gasteiger partial charge in [-0.1, -0.05) is 143 Å². The molecule has 0 aromatic rings. The zero-order valence-corrected chi connectivity index (χ0v) is 27.6. The van der Waals surface area contributed by atoms with E-state index in [0.717, 1.165) is 39.1 Å². The molecular formula is C36H72O4.